The summed E-state index contributed by atoms with van der Waals surface area (Å²) >= 11 is 1.22. The Morgan fingerprint density at radius 1 is 1.33 bits per heavy atom. The maximum absolute atomic E-state index is 13.5. The summed E-state index contributed by atoms with van der Waals surface area (Å²) in [6.07, 6.45) is 8.47. The van der Waals surface area contributed by atoms with Gasteiger partial charge in [0.05, 0.1) is 5.75 Å². The molecule has 0 spiro atoms. The number of rotatable bonds is 7. The van der Waals surface area contributed by atoms with Gasteiger partial charge >= 0.3 is 0 Å². The number of hydrogen-bond acceptors (Lipinski definition) is 5. The van der Waals surface area contributed by atoms with Gasteiger partial charge in [-0.3, -0.25) is 4.79 Å². The molecule has 1 aliphatic rings. The molecule has 2 aromatic rings. The predicted molar refractivity (Wildman–Crippen MR) is 106 cm³/mol. The predicted octanol–water partition coefficient (Wildman–Crippen LogP) is 3.68. The summed E-state index contributed by atoms with van der Waals surface area (Å²) in [5, 5.41) is 11.5. The third-order valence-corrected chi connectivity index (χ3v) is 5.97. The number of nitrogens with two attached hydrogens (primary N) is 1. The zero-order chi connectivity index (χ0) is 19.2. The molecule has 3 N–H and O–H groups in total. The van der Waals surface area contributed by atoms with Gasteiger partial charge in [0, 0.05) is 12.1 Å². The standard InChI is InChI=1S/C19H26FN5OS/c1-13-7-9-15(11-16(13)20)22-18(26)12-27-19-24-23-17(25(19)21)10-8-14-5-3-2-4-6-14/h7,9,11,14H,2-6,8,10,12,21H2,1H3,(H,22,26). The van der Waals surface area contributed by atoms with Crippen molar-refractivity contribution in [2.24, 2.45) is 5.92 Å². The van der Waals surface area contributed by atoms with Crippen LogP contribution >= 0.6 is 11.8 Å². The SMILES string of the molecule is Cc1ccc(NC(=O)CSc2nnc(CCC3CCCCC3)n2N)cc1F. The quantitative estimate of drug-likeness (QED) is 0.555. The molecule has 3 rings (SSSR count). The minimum Gasteiger partial charge on any atom is -0.336 e. The summed E-state index contributed by atoms with van der Waals surface area (Å²) in [4.78, 5) is 12.1. The monoisotopic (exact) mass is 391 g/mol. The van der Waals surface area contributed by atoms with Gasteiger partial charge in [0.2, 0.25) is 11.1 Å². The molecule has 0 bridgehead atoms. The molecule has 0 radical (unpaired) electrons. The summed E-state index contributed by atoms with van der Waals surface area (Å²) in [5.41, 5.74) is 0.977. The van der Waals surface area contributed by atoms with Crippen LogP contribution in [0.15, 0.2) is 23.4 Å². The lowest BCUT2D eigenvalue weighted by Gasteiger charge is -2.20. The van der Waals surface area contributed by atoms with E-state index in [0.29, 0.717) is 16.4 Å². The number of benzene rings is 1. The molecule has 1 aromatic heterocycles. The molecule has 146 valence electrons. The lowest BCUT2D eigenvalue weighted by Crippen LogP contribution is -2.18. The Morgan fingerprint density at radius 2 is 2.11 bits per heavy atom. The summed E-state index contributed by atoms with van der Waals surface area (Å²) < 4.78 is 15.0. The van der Waals surface area contributed by atoms with Crippen LogP contribution in [0.1, 0.15) is 49.9 Å². The van der Waals surface area contributed by atoms with E-state index in [9.17, 15) is 9.18 Å². The highest BCUT2D eigenvalue weighted by Gasteiger charge is 2.17. The van der Waals surface area contributed by atoms with Crippen LogP contribution in [0.5, 0.6) is 0 Å². The van der Waals surface area contributed by atoms with E-state index in [4.69, 9.17) is 5.84 Å². The third-order valence-electron chi connectivity index (χ3n) is 5.02. The van der Waals surface area contributed by atoms with Gasteiger partial charge in [0.15, 0.2) is 5.82 Å². The van der Waals surface area contributed by atoms with Crippen LogP contribution in [0.25, 0.3) is 0 Å². The van der Waals surface area contributed by atoms with E-state index in [1.54, 1.807) is 19.1 Å². The largest absolute Gasteiger partial charge is 0.336 e. The van der Waals surface area contributed by atoms with Crippen LogP contribution < -0.4 is 11.2 Å². The number of nitrogen functional groups attached to an aromatic ring is 1. The van der Waals surface area contributed by atoms with Crippen molar-refractivity contribution in [1.82, 2.24) is 14.9 Å². The Kier molecular flexibility index (Phi) is 6.71. The molecule has 1 saturated carbocycles. The topological polar surface area (TPSA) is 85.8 Å². The third kappa shape index (κ3) is 5.45. The zero-order valence-electron chi connectivity index (χ0n) is 15.6. The van der Waals surface area contributed by atoms with Gasteiger partial charge in [0.1, 0.15) is 5.82 Å². The molecule has 27 heavy (non-hydrogen) atoms. The molecular weight excluding hydrogens is 365 g/mol. The first kappa shape index (κ1) is 19.7. The number of nitrogens with one attached hydrogen (secondary N) is 1. The van der Waals surface area contributed by atoms with Crippen molar-refractivity contribution in [2.75, 3.05) is 16.9 Å². The van der Waals surface area contributed by atoms with Crippen LogP contribution in [0.4, 0.5) is 10.1 Å². The fourth-order valence-electron chi connectivity index (χ4n) is 3.38. The van der Waals surface area contributed by atoms with Gasteiger partial charge < -0.3 is 11.2 Å². The lowest BCUT2D eigenvalue weighted by molar-refractivity contribution is -0.113. The number of aromatic nitrogens is 3. The number of carbonyl (C=O) groups excluding carboxylic acids is 1. The molecule has 0 atom stereocenters. The van der Waals surface area contributed by atoms with Gasteiger partial charge in [-0.1, -0.05) is 49.9 Å². The van der Waals surface area contributed by atoms with E-state index in [-0.39, 0.29) is 17.5 Å². The molecule has 1 fully saturated rings. The number of thioether (sulfide) groups is 1. The van der Waals surface area contributed by atoms with E-state index in [1.807, 2.05) is 0 Å². The molecule has 8 heteroatoms. The van der Waals surface area contributed by atoms with Crippen LogP contribution in [0.3, 0.4) is 0 Å². The van der Waals surface area contributed by atoms with Crippen molar-refractivity contribution in [2.45, 2.75) is 57.0 Å². The summed E-state index contributed by atoms with van der Waals surface area (Å²) in [7, 11) is 0. The molecule has 1 amide bonds. The number of hydrogen-bond donors (Lipinski definition) is 2. The lowest BCUT2D eigenvalue weighted by atomic mass is 9.86. The number of aryl methyl sites for hydroxylation is 2. The number of amides is 1. The fourth-order valence-corrected chi connectivity index (χ4v) is 4.06. The van der Waals surface area contributed by atoms with Crippen molar-refractivity contribution in [3.8, 4) is 0 Å². The molecule has 1 heterocycles. The van der Waals surface area contributed by atoms with E-state index < -0.39 is 0 Å². The van der Waals surface area contributed by atoms with E-state index in [0.717, 1.165) is 24.6 Å². The second kappa shape index (κ2) is 9.21. The van der Waals surface area contributed by atoms with Gasteiger partial charge in [-0.25, -0.2) is 9.07 Å². The van der Waals surface area contributed by atoms with Crippen molar-refractivity contribution in [3.05, 3.63) is 35.4 Å². The van der Waals surface area contributed by atoms with Crippen molar-refractivity contribution >= 4 is 23.4 Å². The van der Waals surface area contributed by atoms with Crippen molar-refractivity contribution < 1.29 is 9.18 Å². The average Bonchev–Trinajstić information content (AvgIpc) is 3.02. The molecule has 6 nitrogen and oxygen atoms in total. The minimum absolute atomic E-state index is 0.132. The second-order valence-corrected chi connectivity index (χ2v) is 8.05. The molecule has 0 unspecified atom stereocenters. The van der Waals surface area contributed by atoms with Crippen molar-refractivity contribution in [1.29, 1.82) is 0 Å². The normalized spacial score (nSPS) is 15.0. The Morgan fingerprint density at radius 3 is 2.85 bits per heavy atom. The van der Waals surface area contributed by atoms with E-state index in [1.165, 1.54) is 54.6 Å². The van der Waals surface area contributed by atoms with E-state index in [2.05, 4.69) is 15.5 Å². The molecule has 0 saturated heterocycles. The number of carbonyl (C=O) groups is 1. The number of halogens is 1. The molecule has 1 aliphatic carbocycles. The van der Waals surface area contributed by atoms with Crippen LogP contribution in [-0.4, -0.2) is 26.5 Å². The Labute approximate surface area is 163 Å². The smallest absolute Gasteiger partial charge is 0.234 e. The summed E-state index contributed by atoms with van der Waals surface area (Å²) in [6, 6.07) is 4.62. The molecular formula is C19H26FN5OS. The Bertz CT molecular complexity index is 788. The van der Waals surface area contributed by atoms with Crippen LogP contribution in [-0.2, 0) is 11.2 Å². The molecule has 1 aromatic carbocycles. The maximum Gasteiger partial charge on any atom is 0.234 e. The summed E-state index contributed by atoms with van der Waals surface area (Å²) in [6.45, 7) is 1.68. The van der Waals surface area contributed by atoms with Gasteiger partial charge in [-0.15, -0.1) is 10.2 Å². The van der Waals surface area contributed by atoms with Gasteiger partial charge in [-0.05, 0) is 37.0 Å². The maximum atomic E-state index is 13.5. The zero-order valence-corrected chi connectivity index (χ0v) is 16.4. The van der Waals surface area contributed by atoms with E-state index >= 15 is 0 Å². The first-order valence-corrected chi connectivity index (χ1v) is 10.4. The van der Waals surface area contributed by atoms with Gasteiger partial charge in [-0.2, -0.15) is 0 Å². The highest BCUT2D eigenvalue weighted by Crippen LogP contribution is 2.27. The van der Waals surface area contributed by atoms with Crippen molar-refractivity contribution in [3.63, 3.8) is 0 Å². The van der Waals surface area contributed by atoms with Gasteiger partial charge in [0.25, 0.3) is 0 Å². The number of anilines is 1. The first-order chi connectivity index (χ1) is 13.0. The highest BCUT2D eigenvalue weighted by molar-refractivity contribution is 7.99. The summed E-state index contributed by atoms with van der Waals surface area (Å²) in [5.74, 6) is 7.14. The van der Waals surface area contributed by atoms with Crippen LogP contribution in [0, 0.1) is 18.7 Å². The Balaban J connectivity index is 1.48. The van der Waals surface area contributed by atoms with Crippen LogP contribution in [0.2, 0.25) is 0 Å². The fraction of sp³-hybridized carbons (Fsp3) is 0.526. The molecule has 0 aliphatic heterocycles. The highest BCUT2D eigenvalue weighted by atomic mass is 32.2. The first-order valence-electron chi connectivity index (χ1n) is 9.41. The Hall–Kier alpha value is -2.09. The average molecular weight is 392 g/mol. The minimum atomic E-state index is -0.343. The number of nitrogens with zero attached hydrogens (tertiary/aromatic N) is 3. The second-order valence-electron chi connectivity index (χ2n) is 7.11.